The van der Waals surface area contributed by atoms with Crippen LogP contribution in [-0.2, 0) is 0 Å². The number of rotatable bonds is 1. The molecule has 0 heteroatoms. The Kier molecular flexibility index (Phi) is 2.39. The van der Waals surface area contributed by atoms with Gasteiger partial charge in [-0.3, -0.25) is 0 Å². The van der Waals surface area contributed by atoms with Gasteiger partial charge in [-0.1, -0.05) is 42.2 Å². The maximum absolute atomic E-state index is 2.36. The number of hydrogen-bond acceptors (Lipinski definition) is 0. The highest BCUT2D eigenvalue weighted by atomic mass is 14.2. The van der Waals surface area contributed by atoms with E-state index in [0.29, 0.717) is 0 Å². The molecule has 1 aliphatic carbocycles. The zero-order valence-electron chi connectivity index (χ0n) is 8.64. The van der Waals surface area contributed by atoms with Gasteiger partial charge in [0.25, 0.3) is 0 Å². The van der Waals surface area contributed by atoms with Crippen molar-refractivity contribution in [2.75, 3.05) is 0 Å². The van der Waals surface area contributed by atoms with Gasteiger partial charge in [-0.15, -0.1) is 0 Å². The minimum atomic E-state index is 0.860. The van der Waals surface area contributed by atoms with Crippen molar-refractivity contribution < 1.29 is 0 Å². The zero-order chi connectivity index (χ0) is 9.26. The second-order valence-corrected chi connectivity index (χ2v) is 4.40. The van der Waals surface area contributed by atoms with E-state index in [-0.39, 0.29) is 0 Å². The molecule has 1 aromatic carbocycles. The highest BCUT2D eigenvalue weighted by Gasteiger charge is 2.16. The van der Waals surface area contributed by atoms with E-state index in [0.717, 1.165) is 5.92 Å². The highest BCUT2D eigenvalue weighted by molar-refractivity contribution is 5.31. The highest BCUT2D eigenvalue weighted by Crippen LogP contribution is 2.34. The third-order valence-electron chi connectivity index (χ3n) is 3.07. The van der Waals surface area contributed by atoms with Crippen molar-refractivity contribution in [3.63, 3.8) is 0 Å². The lowest BCUT2D eigenvalue weighted by atomic mass is 9.94. The summed E-state index contributed by atoms with van der Waals surface area (Å²) in [5.41, 5.74) is 4.42. The van der Waals surface area contributed by atoms with Crippen molar-refractivity contribution in [2.45, 2.75) is 45.4 Å². The first-order valence-corrected chi connectivity index (χ1v) is 5.34. The summed E-state index contributed by atoms with van der Waals surface area (Å²) in [7, 11) is 0. The van der Waals surface area contributed by atoms with E-state index >= 15 is 0 Å². The molecule has 1 saturated carbocycles. The molecule has 1 aliphatic rings. The van der Waals surface area contributed by atoms with Crippen LogP contribution in [0.3, 0.4) is 0 Å². The van der Waals surface area contributed by atoms with Crippen LogP contribution in [0.2, 0.25) is 0 Å². The van der Waals surface area contributed by atoms with Crippen LogP contribution in [0.25, 0.3) is 0 Å². The summed E-state index contributed by atoms with van der Waals surface area (Å²) in [6.45, 7) is 4.40. The fourth-order valence-corrected chi connectivity index (χ4v) is 2.50. The standard InChI is InChI=1S/C13H18/c1-10-7-11(2)9-13(8-10)12-5-3-4-6-12/h7-9,12H,3-6H2,1-2H3. The Morgan fingerprint density at radius 1 is 0.923 bits per heavy atom. The maximum atomic E-state index is 2.36. The predicted octanol–water partition coefficient (Wildman–Crippen LogP) is 3.96. The van der Waals surface area contributed by atoms with Crippen LogP contribution in [0.4, 0.5) is 0 Å². The fourth-order valence-electron chi connectivity index (χ4n) is 2.50. The number of hydrogen-bond donors (Lipinski definition) is 0. The third kappa shape index (κ3) is 1.93. The summed E-state index contributed by atoms with van der Waals surface area (Å²) >= 11 is 0. The molecule has 0 aromatic heterocycles. The van der Waals surface area contributed by atoms with E-state index in [1.165, 1.54) is 36.8 Å². The van der Waals surface area contributed by atoms with Gasteiger partial charge in [-0.05, 0) is 38.2 Å². The molecule has 0 atom stereocenters. The molecule has 0 heterocycles. The van der Waals surface area contributed by atoms with Gasteiger partial charge in [-0.25, -0.2) is 0 Å². The van der Waals surface area contributed by atoms with E-state index in [1.54, 1.807) is 5.56 Å². The van der Waals surface area contributed by atoms with Gasteiger partial charge >= 0.3 is 0 Å². The predicted molar refractivity (Wildman–Crippen MR) is 57.1 cm³/mol. The average Bonchev–Trinajstić information content (AvgIpc) is 2.53. The molecule has 0 aliphatic heterocycles. The van der Waals surface area contributed by atoms with E-state index < -0.39 is 0 Å². The maximum Gasteiger partial charge on any atom is -0.0162 e. The van der Waals surface area contributed by atoms with Gasteiger partial charge in [0, 0.05) is 0 Å². The minimum absolute atomic E-state index is 0.860. The first kappa shape index (κ1) is 8.80. The van der Waals surface area contributed by atoms with Crippen LogP contribution in [0.15, 0.2) is 18.2 Å². The molecule has 0 bridgehead atoms. The SMILES string of the molecule is Cc1cc(C)cc(C2CCCC2)c1. The van der Waals surface area contributed by atoms with Crippen LogP contribution in [0, 0.1) is 13.8 Å². The van der Waals surface area contributed by atoms with Crippen molar-refractivity contribution in [1.29, 1.82) is 0 Å². The molecule has 2 rings (SSSR count). The molecule has 0 radical (unpaired) electrons. The second-order valence-electron chi connectivity index (χ2n) is 4.40. The molecular weight excluding hydrogens is 156 g/mol. The van der Waals surface area contributed by atoms with E-state index in [2.05, 4.69) is 32.0 Å². The Labute approximate surface area is 81.0 Å². The molecule has 70 valence electrons. The average molecular weight is 174 g/mol. The molecule has 1 fully saturated rings. The van der Waals surface area contributed by atoms with Crippen molar-refractivity contribution in [1.82, 2.24) is 0 Å². The quantitative estimate of drug-likeness (QED) is 0.604. The Balaban J connectivity index is 2.28. The van der Waals surface area contributed by atoms with E-state index in [1.807, 2.05) is 0 Å². The van der Waals surface area contributed by atoms with Crippen LogP contribution < -0.4 is 0 Å². The topological polar surface area (TPSA) is 0 Å². The lowest BCUT2D eigenvalue weighted by Gasteiger charge is -2.11. The summed E-state index contributed by atoms with van der Waals surface area (Å²) in [5, 5.41) is 0. The Bertz CT molecular complexity index is 273. The smallest absolute Gasteiger partial charge is 0.0162 e. The van der Waals surface area contributed by atoms with Crippen LogP contribution in [0.5, 0.6) is 0 Å². The van der Waals surface area contributed by atoms with Crippen LogP contribution >= 0.6 is 0 Å². The minimum Gasteiger partial charge on any atom is -0.0564 e. The Morgan fingerprint density at radius 2 is 1.46 bits per heavy atom. The molecule has 0 saturated heterocycles. The fraction of sp³-hybridized carbons (Fsp3) is 0.538. The van der Waals surface area contributed by atoms with Gasteiger partial charge < -0.3 is 0 Å². The molecule has 0 spiro atoms. The van der Waals surface area contributed by atoms with Gasteiger partial charge in [0.15, 0.2) is 0 Å². The monoisotopic (exact) mass is 174 g/mol. The zero-order valence-corrected chi connectivity index (χ0v) is 8.64. The van der Waals surface area contributed by atoms with E-state index in [4.69, 9.17) is 0 Å². The molecule has 0 N–H and O–H groups in total. The van der Waals surface area contributed by atoms with Crippen LogP contribution in [0.1, 0.15) is 48.3 Å². The van der Waals surface area contributed by atoms with Gasteiger partial charge in [0.1, 0.15) is 0 Å². The summed E-state index contributed by atoms with van der Waals surface area (Å²) in [5.74, 6) is 0.860. The summed E-state index contributed by atoms with van der Waals surface area (Å²) in [6, 6.07) is 6.99. The van der Waals surface area contributed by atoms with Gasteiger partial charge in [0.05, 0.1) is 0 Å². The molecule has 1 aromatic rings. The summed E-state index contributed by atoms with van der Waals surface area (Å²) in [6.07, 6.45) is 5.67. The largest absolute Gasteiger partial charge is 0.0564 e. The van der Waals surface area contributed by atoms with E-state index in [9.17, 15) is 0 Å². The van der Waals surface area contributed by atoms with Gasteiger partial charge in [0.2, 0.25) is 0 Å². The Morgan fingerprint density at radius 3 is 2.00 bits per heavy atom. The Hall–Kier alpha value is -0.780. The molecule has 0 unspecified atom stereocenters. The van der Waals surface area contributed by atoms with Crippen molar-refractivity contribution >= 4 is 0 Å². The second kappa shape index (κ2) is 3.53. The first-order valence-electron chi connectivity index (χ1n) is 5.34. The molecule has 13 heavy (non-hydrogen) atoms. The normalized spacial score (nSPS) is 18.0. The molecule has 0 nitrogen and oxygen atoms in total. The lowest BCUT2D eigenvalue weighted by molar-refractivity contribution is 0.722. The number of benzene rings is 1. The summed E-state index contributed by atoms with van der Waals surface area (Å²) in [4.78, 5) is 0. The third-order valence-corrected chi connectivity index (χ3v) is 3.07. The van der Waals surface area contributed by atoms with Crippen molar-refractivity contribution in [2.24, 2.45) is 0 Å². The van der Waals surface area contributed by atoms with Crippen LogP contribution in [-0.4, -0.2) is 0 Å². The number of aryl methyl sites for hydroxylation is 2. The lowest BCUT2D eigenvalue weighted by Crippen LogP contribution is -1.93. The summed E-state index contributed by atoms with van der Waals surface area (Å²) < 4.78 is 0. The van der Waals surface area contributed by atoms with Gasteiger partial charge in [-0.2, -0.15) is 0 Å². The molecular formula is C13H18. The van der Waals surface area contributed by atoms with Crippen molar-refractivity contribution in [3.8, 4) is 0 Å². The van der Waals surface area contributed by atoms with Crippen molar-refractivity contribution in [3.05, 3.63) is 34.9 Å². The first-order chi connectivity index (χ1) is 6.25. The molecule has 0 amide bonds.